The summed E-state index contributed by atoms with van der Waals surface area (Å²) in [5, 5.41) is 8.64. The summed E-state index contributed by atoms with van der Waals surface area (Å²) in [4.78, 5) is 10.5. The molecule has 0 aliphatic rings. The Bertz CT molecular complexity index is 125. The Kier molecular flexibility index (Phi) is 33.2. The number of carboxylic acids is 1. The number of halogens is 2. The van der Waals surface area contributed by atoms with Gasteiger partial charge in [-0.15, -0.1) is 0 Å². The fourth-order valence-corrected chi connectivity index (χ4v) is 1.09. The van der Waals surface area contributed by atoms with Crippen molar-refractivity contribution in [1.82, 2.24) is 12.3 Å². The van der Waals surface area contributed by atoms with Crippen molar-refractivity contribution in [2.75, 3.05) is 0 Å². The molecule has 0 saturated carbocycles. The zero-order chi connectivity index (χ0) is 10.7. The normalized spacial score (nSPS) is 8.33. The third-order valence-electron chi connectivity index (χ3n) is 1.62. The van der Waals surface area contributed by atoms with Gasteiger partial charge in [0.1, 0.15) is 0 Å². The Morgan fingerprint density at radius 3 is 1.60 bits per heavy atom. The van der Waals surface area contributed by atoms with Gasteiger partial charge in [0.15, 0.2) is 0 Å². The average Bonchev–Trinajstić information content (AvgIpc) is 2.05. The number of aliphatic carboxylic acids is 1. The molecule has 0 aromatic carbocycles. The van der Waals surface area contributed by atoms with E-state index in [1.807, 2.05) is 13.8 Å². The van der Waals surface area contributed by atoms with E-state index in [1.165, 1.54) is 0 Å². The molecule has 15 heavy (non-hydrogen) atoms. The molecule has 0 bridgehead atoms. The topological polar surface area (TPSA) is 107 Å². The van der Waals surface area contributed by atoms with Gasteiger partial charge in [-0.05, 0) is 12.8 Å². The third-order valence-corrected chi connectivity index (χ3v) is 1.62. The summed E-state index contributed by atoms with van der Waals surface area (Å²) in [6.07, 6.45) is 3.58. The van der Waals surface area contributed by atoms with Crippen molar-refractivity contribution in [3.8, 4) is 0 Å². The summed E-state index contributed by atoms with van der Waals surface area (Å²) in [5.74, 6) is -0.737. The van der Waals surface area contributed by atoms with Crippen molar-refractivity contribution in [3.05, 3.63) is 0 Å². The Morgan fingerprint density at radius 2 is 1.47 bits per heavy atom. The Morgan fingerprint density at radius 1 is 1.20 bits per heavy atom. The first-order chi connectivity index (χ1) is 6.13. The summed E-state index contributed by atoms with van der Waals surface area (Å²) in [5.41, 5.74) is 0. The van der Waals surface area contributed by atoms with Gasteiger partial charge in [0.2, 0.25) is 0 Å². The van der Waals surface area contributed by atoms with Crippen LogP contribution in [0.2, 0.25) is 0 Å². The zero-order valence-electron chi connectivity index (χ0n) is 9.25. The SMILES string of the molecule is CCCC(CCC)C(=O)O.N.N.[Cl][Pt][Cl]. The first-order valence-electron chi connectivity index (χ1n) is 4.19. The minimum absolute atomic E-state index is 0. The van der Waals surface area contributed by atoms with Crippen LogP contribution >= 0.6 is 18.8 Å². The van der Waals surface area contributed by atoms with Gasteiger partial charge in [-0.2, -0.15) is 0 Å². The quantitative estimate of drug-likeness (QED) is 0.596. The molecule has 0 rings (SSSR count). The van der Waals surface area contributed by atoms with Gasteiger partial charge in [-0.3, -0.25) is 4.79 Å². The second-order valence-electron chi connectivity index (χ2n) is 2.66. The van der Waals surface area contributed by atoms with Gasteiger partial charge in [-0.25, -0.2) is 0 Å². The van der Waals surface area contributed by atoms with E-state index in [1.54, 1.807) is 0 Å². The van der Waals surface area contributed by atoms with Gasteiger partial charge in [-0.1, -0.05) is 26.7 Å². The summed E-state index contributed by atoms with van der Waals surface area (Å²) in [6, 6.07) is 0. The summed E-state index contributed by atoms with van der Waals surface area (Å²) in [7, 11) is 9.75. The molecular weight excluding hydrogens is 422 g/mol. The van der Waals surface area contributed by atoms with E-state index in [4.69, 9.17) is 23.9 Å². The second kappa shape index (κ2) is 20.1. The van der Waals surface area contributed by atoms with Crippen molar-refractivity contribution in [3.63, 3.8) is 0 Å². The van der Waals surface area contributed by atoms with Gasteiger partial charge < -0.3 is 17.4 Å². The standard InChI is InChI=1S/C8H16O2.2ClH.2H3N.Pt/c1-3-5-7(6-4-2)8(9)10;;;;;/h7H,3-6H2,1-2H3,(H,9,10);2*1H;2*1H3;/q;;;;;+2/p-2. The number of rotatable bonds is 5. The third kappa shape index (κ3) is 20.7. The van der Waals surface area contributed by atoms with E-state index in [2.05, 4.69) is 0 Å². The van der Waals surface area contributed by atoms with E-state index in [9.17, 15) is 4.79 Å². The molecule has 0 aliphatic heterocycles. The summed E-state index contributed by atoms with van der Waals surface area (Å²) in [6.45, 7) is 4.04. The molecule has 0 radical (unpaired) electrons. The van der Waals surface area contributed by atoms with Crippen LogP contribution in [0.3, 0.4) is 0 Å². The molecule has 0 heterocycles. The Balaban J connectivity index is -0.000000108. The van der Waals surface area contributed by atoms with Crippen LogP contribution in [0, 0.1) is 5.92 Å². The van der Waals surface area contributed by atoms with Crippen molar-refractivity contribution in [2.45, 2.75) is 39.5 Å². The van der Waals surface area contributed by atoms with E-state index < -0.39 is 22.5 Å². The summed E-state index contributed by atoms with van der Waals surface area (Å²) >= 11 is -0.472. The molecule has 4 nitrogen and oxygen atoms in total. The number of hydrogen-bond acceptors (Lipinski definition) is 3. The fourth-order valence-electron chi connectivity index (χ4n) is 1.09. The van der Waals surface area contributed by atoms with Crippen LogP contribution in [0.4, 0.5) is 0 Å². The van der Waals surface area contributed by atoms with E-state index in [-0.39, 0.29) is 18.2 Å². The van der Waals surface area contributed by atoms with Gasteiger partial charge in [0.05, 0.1) is 5.92 Å². The molecule has 0 aromatic heterocycles. The average molecular weight is 444 g/mol. The van der Waals surface area contributed by atoms with Crippen LogP contribution in [0.15, 0.2) is 0 Å². The van der Waals surface area contributed by atoms with Gasteiger partial charge in [0.25, 0.3) is 0 Å². The molecule has 0 amide bonds. The predicted octanol–water partition coefficient (Wildman–Crippen LogP) is 3.99. The first-order valence-corrected chi connectivity index (χ1v) is 9.82. The molecule has 0 atom stereocenters. The maximum atomic E-state index is 10.5. The van der Waals surface area contributed by atoms with Crippen LogP contribution in [-0.4, -0.2) is 11.1 Å². The number of hydrogen-bond donors (Lipinski definition) is 3. The predicted molar refractivity (Wildman–Crippen MR) is 62.7 cm³/mol. The van der Waals surface area contributed by atoms with Crippen LogP contribution in [-0.2, 0) is 21.3 Å². The maximum absolute atomic E-state index is 10.5. The Labute approximate surface area is 109 Å². The second-order valence-corrected chi connectivity index (χ2v) is 5.94. The molecule has 0 fully saturated rings. The van der Waals surface area contributed by atoms with Crippen LogP contribution in [0.5, 0.6) is 0 Å². The van der Waals surface area contributed by atoms with E-state index >= 15 is 0 Å². The first kappa shape index (κ1) is 24.8. The van der Waals surface area contributed by atoms with Crippen LogP contribution in [0.25, 0.3) is 0 Å². The minimum atomic E-state index is -0.635. The number of carbonyl (C=O) groups is 1. The van der Waals surface area contributed by atoms with Crippen LogP contribution in [0.1, 0.15) is 39.5 Å². The molecule has 100 valence electrons. The number of carboxylic acid groups (broad SMARTS) is 1. The van der Waals surface area contributed by atoms with E-state index in [0.29, 0.717) is 0 Å². The van der Waals surface area contributed by atoms with Gasteiger partial charge >= 0.3 is 41.3 Å². The fraction of sp³-hybridized carbons (Fsp3) is 0.875. The van der Waals surface area contributed by atoms with Gasteiger partial charge in [0, 0.05) is 0 Å². The molecule has 0 spiro atoms. The van der Waals surface area contributed by atoms with Crippen molar-refractivity contribution in [1.29, 1.82) is 0 Å². The molecule has 0 unspecified atom stereocenters. The van der Waals surface area contributed by atoms with E-state index in [0.717, 1.165) is 25.7 Å². The monoisotopic (exact) mass is 443 g/mol. The zero-order valence-corrected chi connectivity index (χ0v) is 13.0. The molecule has 0 aromatic rings. The van der Waals surface area contributed by atoms with Crippen LogP contribution < -0.4 is 12.3 Å². The Hall–Kier alpha value is 0.658. The molecule has 7 N–H and O–H groups in total. The molecule has 0 aliphatic carbocycles. The summed E-state index contributed by atoms with van der Waals surface area (Å²) < 4.78 is 0. The molecular formula is C8H22Cl2N2O2Pt. The van der Waals surface area contributed by atoms with Crippen molar-refractivity contribution < 1.29 is 26.4 Å². The van der Waals surface area contributed by atoms with Crippen molar-refractivity contribution in [2.24, 2.45) is 5.92 Å². The van der Waals surface area contributed by atoms with Crippen molar-refractivity contribution >= 4 is 24.8 Å². The molecule has 0 saturated heterocycles. The molecule has 7 heteroatoms.